The van der Waals surface area contributed by atoms with Crippen molar-refractivity contribution in [2.75, 3.05) is 5.88 Å². The minimum atomic E-state index is 0.400. The van der Waals surface area contributed by atoms with E-state index in [1.807, 2.05) is 18.2 Å². The van der Waals surface area contributed by atoms with E-state index in [0.29, 0.717) is 21.8 Å². The average molecular weight is 328 g/mol. The molecule has 0 saturated carbocycles. The van der Waals surface area contributed by atoms with Crippen LogP contribution in [0.3, 0.4) is 0 Å². The average Bonchev–Trinajstić information content (AvgIpc) is 2.44. The van der Waals surface area contributed by atoms with Gasteiger partial charge in [-0.25, -0.2) is 0 Å². The van der Waals surface area contributed by atoms with Crippen LogP contribution in [-0.4, -0.2) is 5.88 Å². The Morgan fingerprint density at radius 3 is 2.05 bits per heavy atom. The van der Waals surface area contributed by atoms with Crippen LogP contribution in [0.2, 0.25) is 10.0 Å². The molecule has 1 unspecified atom stereocenters. The molecule has 0 amide bonds. The first-order valence-electron chi connectivity index (χ1n) is 6.64. The molecule has 0 saturated heterocycles. The molecule has 0 fully saturated rings. The molecule has 0 spiro atoms. The minimum Gasteiger partial charge on any atom is -0.126 e. The molecule has 0 aliphatic rings. The third-order valence-corrected chi connectivity index (χ3v) is 4.55. The van der Waals surface area contributed by atoms with E-state index in [-0.39, 0.29) is 0 Å². The topological polar surface area (TPSA) is 0 Å². The summed E-state index contributed by atoms with van der Waals surface area (Å²) in [6.45, 7) is 2.10. The number of rotatable bonds is 5. The van der Waals surface area contributed by atoms with Gasteiger partial charge in [0.2, 0.25) is 0 Å². The highest BCUT2D eigenvalue weighted by Crippen LogP contribution is 2.25. The lowest BCUT2D eigenvalue weighted by Gasteiger charge is -2.14. The van der Waals surface area contributed by atoms with Crippen LogP contribution in [-0.2, 0) is 12.8 Å². The minimum absolute atomic E-state index is 0.400. The molecule has 0 aliphatic carbocycles. The maximum Gasteiger partial charge on any atom is 0.0595 e. The van der Waals surface area contributed by atoms with E-state index >= 15 is 0 Å². The van der Waals surface area contributed by atoms with Crippen molar-refractivity contribution in [1.82, 2.24) is 0 Å². The van der Waals surface area contributed by atoms with Crippen LogP contribution < -0.4 is 0 Å². The molecule has 0 aromatic heterocycles. The zero-order valence-electron chi connectivity index (χ0n) is 11.4. The van der Waals surface area contributed by atoms with Gasteiger partial charge in [0, 0.05) is 5.88 Å². The van der Waals surface area contributed by atoms with Gasteiger partial charge in [-0.15, -0.1) is 11.6 Å². The fourth-order valence-corrected chi connectivity index (χ4v) is 2.78. The lowest BCUT2D eigenvalue weighted by molar-refractivity contribution is 0.584. The second-order valence-corrected chi connectivity index (χ2v) is 6.29. The van der Waals surface area contributed by atoms with Crippen molar-refractivity contribution in [2.24, 2.45) is 5.92 Å². The van der Waals surface area contributed by atoms with Gasteiger partial charge in [0.05, 0.1) is 10.0 Å². The van der Waals surface area contributed by atoms with Crippen molar-refractivity contribution >= 4 is 34.8 Å². The molecular weight excluding hydrogens is 311 g/mol. The lowest BCUT2D eigenvalue weighted by Crippen LogP contribution is -2.10. The molecule has 0 radical (unpaired) electrons. The van der Waals surface area contributed by atoms with E-state index in [1.54, 1.807) is 0 Å². The Balaban J connectivity index is 2.04. The van der Waals surface area contributed by atoms with Gasteiger partial charge in [0.1, 0.15) is 0 Å². The van der Waals surface area contributed by atoms with Crippen LogP contribution in [0.5, 0.6) is 0 Å². The fraction of sp³-hybridized carbons (Fsp3) is 0.294. The van der Waals surface area contributed by atoms with Gasteiger partial charge < -0.3 is 0 Å². The highest BCUT2D eigenvalue weighted by molar-refractivity contribution is 6.42. The van der Waals surface area contributed by atoms with Crippen molar-refractivity contribution in [3.8, 4) is 0 Å². The number of alkyl halides is 1. The molecule has 2 aromatic rings. The van der Waals surface area contributed by atoms with E-state index in [4.69, 9.17) is 34.8 Å². The summed E-state index contributed by atoms with van der Waals surface area (Å²) in [5.74, 6) is 1.03. The van der Waals surface area contributed by atoms with Gasteiger partial charge in [-0.3, -0.25) is 0 Å². The van der Waals surface area contributed by atoms with Crippen molar-refractivity contribution in [3.05, 3.63) is 69.2 Å². The van der Waals surface area contributed by atoms with Gasteiger partial charge >= 0.3 is 0 Å². The number of hydrogen-bond donors (Lipinski definition) is 0. The summed E-state index contributed by atoms with van der Waals surface area (Å²) in [5.41, 5.74) is 3.78. The first kappa shape index (κ1) is 15.7. The maximum atomic E-state index is 6.11. The Morgan fingerprint density at radius 1 is 0.850 bits per heavy atom. The first-order chi connectivity index (χ1) is 9.58. The molecule has 2 rings (SSSR count). The van der Waals surface area contributed by atoms with Crippen molar-refractivity contribution in [1.29, 1.82) is 0 Å². The number of benzene rings is 2. The molecule has 0 N–H and O–H groups in total. The normalized spacial score (nSPS) is 12.4. The summed E-state index contributed by atoms with van der Waals surface area (Å²) in [7, 11) is 0. The van der Waals surface area contributed by atoms with Crippen molar-refractivity contribution < 1.29 is 0 Å². The Morgan fingerprint density at radius 2 is 1.45 bits per heavy atom. The van der Waals surface area contributed by atoms with E-state index < -0.39 is 0 Å². The van der Waals surface area contributed by atoms with E-state index in [0.717, 1.165) is 12.8 Å². The molecule has 2 aromatic carbocycles. The van der Waals surface area contributed by atoms with Crippen LogP contribution in [0.15, 0.2) is 42.5 Å². The molecule has 0 heterocycles. The summed E-state index contributed by atoms with van der Waals surface area (Å²) in [6.07, 6.45) is 1.89. The van der Waals surface area contributed by atoms with Crippen LogP contribution in [0, 0.1) is 12.8 Å². The number of halogens is 3. The summed E-state index contributed by atoms with van der Waals surface area (Å²) in [4.78, 5) is 0. The third-order valence-electron chi connectivity index (χ3n) is 3.37. The van der Waals surface area contributed by atoms with E-state index in [9.17, 15) is 0 Å². The SMILES string of the molecule is Cc1ccc(CC(CCl)Cc2ccc(Cl)c(Cl)c2)cc1. The van der Waals surface area contributed by atoms with Crippen LogP contribution in [0.1, 0.15) is 16.7 Å². The smallest absolute Gasteiger partial charge is 0.0595 e. The molecule has 0 aliphatic heterocycles. The molecule has 3 heteroatoms. The summed E-state index contributed by atoms with van der Waals surface area (Å²) >= 11 is 18.1. The maximum absolute atomic E-state index is 6.11. The quantitative estimate of drug-likeness (QED) is 0.596. The predicted molar refractivity (Wildman–Crippen MR) is 89.3 cm³/mol. The van der Waals surface area contributed by atoms with Crippen LogP contribution in [0.4, 0.5) is 0 Å². The Labute approximate surface area is 135 Å². The largest absolute Gasteiger partial charge is 0.126 e. The summed E-state index contributed by atoms with van der Waals surface area (Å²) < 4.78 is 0. The number of aryl methyl sites for hydroxylation is 1. The van der Waals surface area contributed by atoms with E-state index in [1.165, 1.54) is 16.7 Å². The van der Waals surface area contributed by atoms with Gasteiger partial charge in [-0.2, -0.15) is 0 Å². The molecule has 20 heavy (non-hydrogen) atoms. The zero-order valence-corrected chi connectivity index (χ0v) is 13.6. The Kier molecular flexibility index (Phi) is 5.77. The van der Waals surface area contributed by atoms with Crippen LogP contribution >= 0.6 is 34.8 Å². The van der Waals surface area contributed by atoms with Crippen LogP contribution in [0.25, 0.3) is 0 Å². The lowest BCUT2D eigenvalue weighted by atomic mass is 9.94. The fourth-order valence-electron chi connectivity index (χ4n) is 2.24. The Hall–Kier alpha value is -0.690. The standard InChI is InChI=1S/C17H17Cl3/c1-12-2-4-13(5-3-12)8-15(11-18)9-14-6-7-16(19)17(20)10-14/h2-7,10,15H,8-9,11H2,1H3. The van der Waals surface area contributed by atoms with Gasteiger partial charge in [-0.05, 0) is 48.9 Å². The zero-order chi connectivity index (χ0) is 14.5. The first-order valence-corrected chi connectivity index (χ1v) is 7.93. The second kappa shape index (κ2) is 7.36. The Bertz CT molecular complexity index is 561. The molecule has 1 atom stereocenters. The van der Waals surface area contributed by atoms with Gasteiger partial charge in [-0.1, -0.05) is 59.1 Å². The highest BCUT2D eigenvalue weighted by Gasteiger charge is 2.11. The van der Waals surface area contributed by atoms with Crippen molar-refractivity contribution in [2.45, 2.75) is 19.8 Å². The second-order valence-electron chi connectivity index (χ2n) is 5.16. The third kappa shape index (κ3) is 4.41. The molecule has 0 bridgehead atoms. The molecule has 106 valence electrons. The highest BCUT2D eigenvalue weighted by atomic mass is 35.5. The summed E-state index contributed by atoms with van der Waals surface area (Å²) in [6, 6.07) is 14.4. The van der Waals surface area contributed by atoms with E-state index in [2.05, 4.69) is 31.2 Å². The van der Waals surface area contributed by atoms with Gasteiger partial charge in [0.15, 0.2) is 0 Å². The van der Waals surface area contributed by atoms with Gasteiger partial charge in [0.25, 0.3) is 0 Å². The predicted octanol–water partition coefficient (Wildman–Crippen LogP) is 5.94. The number of hydrogen-bond acceptors (Lipinski definition) is 0. The molecule has 0 nitrogen and oxygen atoms in total. The monoisotopic (exact) mass is 326 g/mol. The van der Waals surface area contributed by atoms with Crippen molar-refractivity contribution in [3.63, 3.8) is 0 Å². The summed E-state index contributed by atoms with van der Waals surface area (Å²) in [5, 5.41) is 1.20. The molecular formula is C17H17Cl3.